The second kappa shape index (κ2) is 10.4. The van der Waals surface area contributed by atoms with E-state index in [0.717, 1.165) is 22.4 Å². The lowest BCUT2D eigenvalue weighted by Gasteiger charge is -2.12. The maximum absolute atomic E-state index is 12.7. The summed E-state index contributed by atoms with van der Waals surface area (Å²) in [5.41, 5.74) is 3.91. The van der Waals surface area contributed by atoms with Gasteiger partial charge < -0.3 is 10.1 Å². The highest BCUT2D eigenvalue weighted by Gasteiger charge is 2.20. The highest BCUT2D eigenvalue weighted by Crippen LogP contribution is 2.31. The number of rotatable bonds is 8. The van der Waals surface area contributed by atoms with Crippen LogP contribution in [-0.4, -0.2) is 38.5 Å². The lowest BCUT2D eigenvalue weighted by atomic mass is 10.1. The van der Waals surface area contributed by atoms with E-state index in [1.165, 1.54) is 31.0 Å². The summed E-state index contributed by atoms with van der Waals surface area (Å²) in [6.45, 7) is 4.08. The molecule has 4 rings (SSSR count). The van der Waals surface area contributed by atoms with Crippen LogP contribution in [0.5, 0.6) is 5.75 Å². The molecule has 1 amide bonds. The van der Waals surface area contributed by atoms with Crippen LogP contribution in [0.2, 0.25) is 0 Å². The quantitative estimate of drug-likeness (QED) is 0.206. The Balaban J connectivity index is 1.60. The first-order valence-corrected chi connectivity index (χ1v) is 11.7. The van der Waals surface area contributed by atoms with Gasteiger partial charge in [0.2, 0.25) is 5.91 Å². The topological polar surface area (TPSA) is 112 Å². The van der Waals surface area contributed by atoms with Gasteiger partial charge in [-0.25, -0.2) is 0 Å². The van der Waals surface area contributed by atoms with Crippen molar-refractivity contribution in [1.82, 2.24) is 14.8 Å². The summed E-state index contributed by atoms with van der Waals surface area (Å²) < 4.78 is 6.95. The van der Waals surface area contributed by atoms with E-state index in [2.05, 4.69) is 21.6 Å². The number of aromatic nitrogens is 3. The molecule has 1 heterocycles. The maximum atomic E-state index is 12.7. The van der Waals surface area contributed by atoms with Crippen molar-refractivity contribution in [3.8, 4) is 22.8 Å². The zero-order valence-corrected chi connectivity index (χ0v) is 20.2. The molecule has 0 atom stereocenters. The predicted octanol–water partition coefficient (Wildman–Crippen LogP) is 5.20. The number of ether oxygens (including phenoxy) is 1. The Morgan fingerprint density at radius 1 is 1.06 bits per heavy atom. The van der Waals surface area contributed by atoms with E-state index in [4.69, 9.17) is 4.74 Å². The zero-order chi connectivity index (χ0) is 24.9. The number of hydrogen-bond donors (Lipinski definition) is 1. The smallest absolute Gasteiger partial charge is 0.296 e. The van der Waals surface area contributed by atoms with Crippen molar-refractivity contribution in [3.63, 3.8) is 0 Å². The third-order valence-electron chi connectivity index (χ3n) is 5.42. The lowest BCUT2D eigenvalue weighted by molar-refractivity contribution is -0.384. The predicted molar refractivity (Wildman–Crippen MR) is 135 cm³/mol. The molecule has 0 aliphatic heterocycles. The van der Waals surface area contributed by atoms with Gasteiger partial charge in [-0.05, 0) is 49.2 Å². The number of benzene rings is 3. The summed E-state index contributed by atoms with van der Waals surface area (Å²) in [6.07, 6.45) is 0. The molecule has 35 heavy (non-hydrogen) atoms. The molecule has 10 heteroatoms. The van der Waals surface area contributed by atoms with Crippen molar-refractivity contribution in [2.75, 3.05) is 18.2 Å². The SMILES string of the molecule is COc1ccc(NC(=O)CSc2nnc(-c3ccccc3)n2-c2ccc(C)c(C)c2)c([N+](=O)[O-])c1. The molecule has 178 valence electrons. The van der Waals surface area contributed by atoms with E-state index in [-0.39, 0.29) is 17.1 Å². The van der Waals surface area contributed by atoms with Crippen LogP contribution in [0, 0.1) is 24.0 Å². The van der Waals surface area contributed by atoms with Gasteiger partial charge in [0.05, 0.1) is 29.5 Å². The monoisotopic (exact) mass is 489 g/mol. The molecule has 0 bridgehead atoms. The van der Waals surface area contributed by atoms with Crippen LogP contribution in [0.15, 0.2) is 71.9 Å². The molecule has 1 aromatic heterocycles. The van der Waals surface area contributed by atoms with E-state index in [1.807, 2.05) is 60.9 Å². The largest absolute Gasteiger partial charge is 0.496 e. The average Bonchev–Trinajstić information content (AvgIpc) is 3.29. The van der Waals surface area contributed by atoms with Crippen molar-refractivity contribution < 1.29 is 14.5 Å². The Morgan fingerprint density at radius 3 is 2.51 bits per heavy atom. The van der Waals surface area contributed by atoms with Gasteiger partial charge in [0.1, 0.15) is 11.4 Å². The second-order valence-electron chi connectivity index (χ2n) is 7.75. The van der Waals surface area contributed by atoms with Crippen LogP contribution in [0.1, 0.15) is 11.1 Å². The first-order chi connectivity index (χ1) is 16.9. The molecule has 0 spiro atoms. The highest BCUT2D eigenvalue weighted by molar-refractivity contribution is 7.99. The Labute approximate surface area is 206 Å². The van der Waals surface area contributed by atoms with Gasteiger partial charge in [-0.3, -0.25) is 19.5 Å². The minimum Gasteiger partial charge on any atom is -0.496 e. The number of nitrogens with one attached hydrogen (secondary N) is 1. The zero-order valence-electron chi connectivity index (χ0n) is 19.4. The van der Waals surface area contributed by atoms with Crippen molar-refractivity contribution in [2.45, 2.75) is 19.0 Å². The van der Waals surface area contributed by atoms with Crippen molar-refractivity contribution in [1.29, 1.82) is 0 Å². The molecule has 0 fully saturated rings. The van der Waals surface area contributed by atoms with Crippen LogP contribution >= 0.6 is 11.8 Å². The number of aryl methyl sites for hydroxylation is 2. The molecule has 3 aromatic carbocycles. The standard InChI is InChI=1S/C25H23N5O4S/c1-16-9-10-19(13-17(16)2)29-24(18-7-5-4-6-8-18)27-28-25(29)35-15-23(31)26-21-12-11-20(34-3)14-22(21)30(32)33/h4-14H,15H2,1-3H3,(H,26,31). The number of carbonyl (C=O) groups is 1. The number of carbonyl (C=O) groups excluding carboxylic acids is 1. The van der Waals surface area contributed by atoms with E-state index >= 15 is 0 Å². The average molecular weight is 490 g/mol. The summed E-state index contributed by atoms with van der Waals surface area (Å²) in [6, 6.07) is 20.0. The molecule has 0 radical (unpaired) electrons. The summed E-state index contributed by atoms with van der Waals surface area (Å²) in [5, 5.41) is 23.3. The normalized spacial score (nSPS) is 10.7. The first kappa shape index (κ1) is 24.0. The maximum Gasteiger partial charge on any atom is 0.296 e. The second-order valence-corrected chi connectivity index (χ2v) is 8.70. The molecular weight excluding hydrogens is 466 g/mol. The summed E-state index contributed by atoms with van der Waals surface area (Å²) in [4.78, 5) is 23.5. The molecule has 0 saturated carbocycles. The number of thioether (sulfide) groups is 1. The minimum atomic E-state index is -0.562. The molecule has 0 aliphatic rings. The molecule has 0 saturated heterocycles. The van der Waals surface area contributed by atoms with Gasteiger partial charge >= 0.3 is 0 Å². The van der Waals surface area contributed by atoms with Crippen LogP contribution in [0.4, 0.5) is 11.4 Å². The number of nitro benzene ring substituents is 1. The number of nitro groups is 1. The Morgan fingerprint density at radius 2 is 1.83 bits per heavy atom. The van der Waals surface area contributed by atoms with Gasteiger partial charge in [-0.1, -0.05) is 48.2 Å². The fourth-order valence-electron chi connectivity index (χ4n) is 3.45. The van der Waals surface area contributed by atoms with E-state index in [1.54, 1.807) is 6.07 Å². The van der Waals surface area contributed by atoms with Gasteiger partial charge in [-0.2, -0.15) is 0 Å². The van der Waals surface area contributed by atoms with E-state index in [9.17, 15) is 14.9 Å². The van der Waals surface area contributed by atoms with Crippen LogP contribution in [0.25, 0.3) is 17.1 Å². The van der Waals surface area contributed by atoms with Crippen LogP contribution in [0.3, 0.4) is 0 Å². The fraction of sp³-hybridized carbons (Fsp3) is 0.160. The summed E-state index contributed by atoms with van der Waals surface area (Å²) >= 11 is 1.20. The Hall–Kier alpha value is -4.18. The van der Waals surface area contributed by atoms with E-state index < -0.39 is 10.8 Å². The molecule has 0 unspecified atom stereocenters. The Bertz CT molecular complexity index is 1390. The molecular formula is C25H23N5O4S. The van der Waals surface area contributed by atoms with E-state index in [0.29, 0.717) is 16.7 Å². The summed E-state index contributed by atoms with van der Waals surface area (Å²) in [7, 11) is 1.42. The summed E-state index contributed by atoms with van der Waals surface area (Å²) in [5.74, 6) is 0.571. The Kier molecular flexibility index (Phi) is 7.11. The van der Waals surface area contributed by atoms with Crippen molar-refractivity contribution in [2.24, 2.45) is 0 Å². The van der Waals surface area contributed by atoms with Crippen molar-refractivity contribution in [3.05, 3.63) is 88.0 Å². The van der Waals surface area contributed by atoms with Gasteiger partial charge in [-0.15, -0.1) is 10.2 Å². The minimum absolute atomic E-state index is 0.0129. The third kappa shape index (κ3) is 5.33. The first-order valence-electron chi connectivity index (χ1n) is 10.7. The number of nitrogens with zero attached hydrogens (tertiary/aromatic N) is 4. The van der Waals surface area contributed by atoms with Gasteiger partial charge in [0, 0.05) is 5.56 Å². The fourth-order valence-corrected chi connectivity index (χ4v) is 4.20. The number of hydrogen-bond acceptors (Lipinski definition) is 7. The molecule has 9 nitrogen and oxygen atoms in total. The lowest BCUT2D eigenvalue weighted by Crippen LogP contribution is -2.15. The van der Waals surface area contributed by atoms with Crippen LogP contribution in [-0.2, 0) is 4.79 Å². The van der Waals surface area contributed by atoms with Gasteiger partial charge in [0.25, 0.3) is 5.69 Å². The molecule has 4 aromatic rings. The molecule has 1 N–H and O–H groups in total. The number of methoxy groups -OCH3 is 1. The number of amides is 1. The highest BCUT2D eigenvalue weighted by atomic mass is 32.2. The van der Waals surface area contributed by atoms with Gasteiger partial charge in [0.15, 0.2) is 11.0 Å². The third-order valence-corrected chi connectivity index (χ3v) is 6.35. The molecule has 0 aliphatic carbocycles. The van der Waals surface area contributed by atoms with Crippen molar-refractivity contribution >= 4 is 29.0 Å². The number of anilines is 1. The van der Waals surface area contributed by atoms with Crippen LogP contribution < -0.4 is 10.1 Å².